The van der Waals surface area contributed by atoms with Gasteiger partial charge in [-0.1, -0.05) is 60.5 Å². The van der Waals surface area contributed by atoms with Crippen molar-refractivity contribution in [1.82, 2.24) is 4.90 Å². The Bertz CT molecular complexity index is 1460. The van der Waals surface area contributed by atoms with E-state index < -0.39 is 18.0 Å². The van der Waals surface area contributed by atoms with Gasteiger partial charge in [-0.15, -0.1) is 6.42 Å². The van der Waals surface area contributed by atoms with Gasteiger partial charge in [-0.2, -0.15) is 0 Å². The molecule has 0 aromatic heterocycles. The van der Waals surface area contributed by atoms with Crippen LogP contribution in [-0.4, -0.2) is 40.1 Å². The molecule has 236 valence electrons. The van der Waals surface area contributed by atoms with Crippen LogP contribution in [0.25, 0.3) is 0 Å². The molecule has 3 aromatic carbocycles. The number of nitrogens with zero attached hydrogens (tertiary/aromatic N) is 1. The monoisotopic (exact) mass is 607 g/mol. The predicted molar refractivity (Wildman–Crippen MR) is 176 cm³/mol. The normalized spacial score (nSPS) is 20.1. The molecule has 2 saturated carbocycles. The third-order valence-corrected chi connectivity index (χ3v) is 9.82. The SMILES string of the molecule is C#CC(Oc1ccccc1CCN(CCCCC(=O)O)C1CCCc2cc(C(=O)O)ccc21)c1ccccc1.C1CC2CCC12. The Balaban J connectivity index is 0.000000586. The summed E-state index contributed by atoms with van der Waals surface area (Å²) >= 11 is 0. The summed E-state index contributed by atoms with van der Waals surface area (Å²) < 4.78 is 6.30. The summed E-state index contributed by atoms with van der Waals surface area (Å²) in [6.07, 6.45) is 16.7. The van der Waals surface area contributed by atoms with Gasteiger partial charge in [0.25, 0.3) is 0 Å². The second-order valence-corrected chi connectivity index (χ2v) is 12.6. The molecule has 2 fully saturated rings. The zero-order valence-corrected chi connectivity index (χ0v) is 26.1. The van der Waals surface area contributed by atoms with Crippen molar-refractivity contribution in [3.63, 3.8) is 0 Å². The number of aliphatic carboxylic acids is 1. The molecule has 0 heterocycles. The summed E-state index contributed by atoms with van der Waals surface area (Å²) in [5.74, 6) is 4.24. The number of rotatable bonds is 13. The van der Waals surface area contributed by atoms with Gasteiger partial charge in [0.15, 0.2) is 6.10 Å². The molecule has 2 unspecified atom stereocenters. The fraction of sp³-hybridized carbons (Fsp3) is 0.436. The second-order valence-electron chi connectivity index (χ2n) is 12.6. The highest BCUT2D eigenvalue weighted by molar-refractivity contribution is 5.88. The fourth-order valence-electron chi connectivity index (χ4n) is 6.92. The minimum absolute atomic E-state index is 0.150. The van der Waals surface area contributed by atoms with Gasteiger partial charge < -0.3 is 14.9 Å². The molecule has 45 heavy (non-hydrogen) atoms. The van der Waals surface area contributed by atoms with Gasteiger partial charge in [0.2, 0.25) is 0 Å². The van der Waals surface area contributed by atoms with Crippen LogP contribution in [0.5, 0.6) is 5.75 Å². The minimum Gasteiger partial charge on any atom is -0.481 e. The molecule has 6 heteroatoms. The van der Waals surface area contributed by atoms with Gasteiger partial charge >= 0.3 is 11.9 Å². The van der Waals surface area contributed by atoms with E-state index in [9.17, 15) is 14.7 Å². The largest absolute Gasteiger partial charge is 0.481 e. The first-order valence-corrected chi connectivity index (χ1v) is 16.5. The van der Waals surface area contributed by atoms with E-state index in [1.807, 2.05) is 54.6 Å². The number of terminal acetylenes is 1. The van der Waals surface area contributed by atoms with E-state index in [1.165, 1.54) is 17.4 Å². The van der Waals surface area contributed by atoms with Crippen molar-refractivity contribution in [2.45, 2.75) is 82.8 Å². The molecular weight excluding hydrogens is 562 g/mol. The standard InChI is InChI=1S/C33H35NO5.C6H10/c1-2-30(24-11-4-3-5-12-24)39-31-16-7-6-13-25(31)20-22-34(21-9-8-17-32(35)36)29-15-10-14-26-23-27(33(37)38)18-19-28(26)29;1-2-6-4-3-5(1)6/h1,3-7,11-13,16,18-19,23,29-30H,8-10,14-15,17,20-22H2,(H,35,36)(H,37,38);5-6H,1-4H2. The summed E-state index contributed by atoms with van der Waals surface area (Å²) in [6, 6.07) is 23.3. The van der Waals surface area contributed by atoms with Crippen molar-refractivity contribution in [3.05, 3.63) is 101 Å². The van der Waals surface area contributed by atoms with Crippen LogP contribution in [0.15, 0.2) is 72.8 Å². The number of benzene rings is 3. The Hall–Kier alpha value is -4.08. The Morgan fingerprint density at radius 1 is 0.889 bits per heavy atom. The number of unbranched alkanes of at least 4 members (excludes halogenated alkanes) is 1. The van der Waals surface area contributed by atoms with E-state index in [0.29, 0.717) is 12.0 Å². The molecule has 2 atom stereocenters. The van der Waals surface area contributed by atoms with Gasteiger partial charge in [-0.05, 0) is 117 Å². The predicted octanol–water partition coefficient (Wildman–Crippen LogP) is 8.12. The highest BCUT2D eigenvalue weighted by Crippen LogP contribution is 2.49. The fourth-order valence-corrected chi connectivity index (χ4v) is 6.92. The number of aryl methyl sites for hydroxylation is 1. The molecular formula is C39H45NO5. The number of carboxylic acids is 2. The zero-order chi connectivity index (χ0) is 31.6. The van der Waals surface area contributed by atoms with Crippen LogP contribution in [0.1, 0.15) is 103 Å². The van der Waals surface area contributed by atoms with Gasteiger partial charge in [0.05, 0.1) is 5.56 Å². The molecule has 6 nitrogen and oxygen atoms in total. The van der Waals surface area contributed by atoms with Crippen LogP contribution in [0, 0.1) is 24.2 Å². The summed E-state index contributed by atoms with van der Waals surface area (Å²) in [4.78, 5) is 25.0. The van der Waals surface area contributed by atoms with Crippen molar-refractivity contribution >= 4 is 11.9 Å². The quantitative estimate of drug-likeness (QED) is 0.151. The molecule has 0 bridgehead atoms. The molecule has 3 aliphatic carbocycles. The van der Waals surface area contributed by atoms with Crippen molar-refractivity contribution in [2.24, 2.45) is 11.8 Å². The molecule has 0 spiro atoms. The molecule has 0 aliphatic heterocycles. The van der Waals surface area contributed by atoms with E-state index >= 15 is 0 Å². The zero-order valence-electron chi connectivity index (χ0n) is 26.1. The van der Waals surface area contributed by atoms with Gasteiger partial charge in [-0.25, -0.2) is 4.79 Å². The highest BCUT2D eigenvalue weighted by atomic mass is 16.5. The number of carbonyl (C=O) groups is 2. The summed E-state index contributed by atoms with van der Waals surface area (Å²) in [5.41, 5.74) is 4.56. The maximum absolute atomic E-state index is 11.5. The van der Waals surface area contributed by atoms with Gasteiger partial charge in [0, 0.05) is 24.6 Å². The molecule has 3 aliphatic rings. The first kappa shape index (κ1) is 32.3. The molecule has 0 radical (unpaired) electrons. The lowest BCUT2D eigenvalue weighted by atomic mass is 9.60. The first-order valence-electron chi connectivity index (χ1n) is 16.5. The van der Waals surface area contributed by atoms with Crippen LogP contribution >= 0.6 is 0 Å². The van der Waals surface area contributed by atoms with Crippen molar-refractivity contribution in [1.29, 1.82) is 0 Å². The van der Waals surface area contributed by atoms with Crippen molar-refractivity contribution in [3.8, 4) is 18.1 Å². The van der Waals surface area contributed by atoms with E-state index in [2.05, 4.69) is 16.9 Å². The third kappa shape index (κ3) is 8.55. The maximum Gasteiger partial charge on any atom is 0.335 e. The number of fused-ring (bicyclic) bond motifs is 2. The molecule has 3 aromatic rings. The average molecular weight is 608 g/mol. The summed E-state index contributed by atoms with van der Waals surface area (Å²) in [7, 11) is 0. The van der Waals surface area contributed by atoms with Crippen LogP contribution in [0.4, 0.5) is 0 Å². The smallest absolute Gasteiger partial charge is 0.335 e. The van der Waals surface area contributed by atoms with Gasteiger partial charge in [-0.3, -0.25) is 9.69 Å². The lowest BCUT2D eigenvalue weighted by Gasteiger charge is -2.46. The lowest BCUT2D eigenvalue weighted by molar-refractivity contribution is -0.137. The Labute approximate surface area is 267 Å². The molecule has 0 amide bonds. The van der Waals surface area contributed by atoms with Gasteiger partial charge in [0.1, 0.15) is 5.75 Å². The van der Waals surface area contributed by atoms with Crippen molar-refractivity contribution < 1.29 is 24.5 Å². The van der Waals surface area contributed by atoms with E-state index in [1.54, 1.807) is 37.8 Å². The second kappa shape index (κ2) is 15.8. The first-order chi connectivity index (χ1) is 21.9. The molecule has 2 N–H and O–H groups in total. The third-order valence-electron chi connectivity index (χ3n) is 9.82. The molecule has 6 rings (SSSR count). The van der Waals surface area contributed by atoms with E-state index in [0.717, 1.165) is 67.6 Å². The van der Waals surface area contributed by atoms with Crippen LogP contribution < -0.4 is 4.74 Å². The highest BCUT2D eigenvalue weighted by Gasteiger charge is 2.37. The number of hydrogen-bond acceptors (Lipinski definition) is 4. The summed E-state index contributed by atoms with van der Waals surface area (Å²) in [5, 5.41) is 18.6. The number of carboxylic acid groups (broad SMARTS) is 2. The Morgan fingerprint density at radius 3 is 2.24 bits per heavy atom. The van der Waals surface area contributed by atoms with E-state index in [-0.39, 0.29) is 12.5 Å². The van der Waals surface area contributed by atoms with Crippen LogP contribution in [-0.2, 0) is 17.6 Å². The minimum atomic E-state index is -0.914. The number of para-hydroxylation sites is 1. The summed E-state index contributed by atoms with van der Waals surface area (Å²) in [6.45, 7) is 1.52. The average Bonchev–Trinajstić information content (AvgIpc) is 3.05. The van der Waals surface area contributed by atoms with Crippen molar-refractivity contribution in [2.75, 3.05) is 13.1 Å². The number of ether oxygens (including phenoxy) is 1. The number of hydrogen-bond donors (Lipinski definition) is 2. The van der Waals surface area contributed by atoms with Crippen LogP contribution in [0.2, 0.25) is 0 Å². The maximum atomic E-state index is 11.5. The molecule has 0 saturated heterocycles. The Morgan fingerprint density at radius 2 is 1.60 bits per heavy atom. The topological polar surface area (TPSA) is 87.1 Å². The lowest BCUT2D eigenvalue weighted by Crippen LogP contribution is -2.34. The van der Waals surface area contributed by atoms with E-state index in [4.69, 9.17) is 16.3 Å². The Kier molecular flexibility index (Phi) is 11.3. The van der Waals surface area contributed by atoms with Crippen LogP contribution in [0.3, 0.4) is 0 Å². The number of aromatic carboxylic acids is 1.